The van der Waals surface area contributed by atoms with E-state index in [4.69, 9.17) is 9.47 Å². The minimum Gasteiger partial charge on any atom is -0.497 e. The Balaban J connectivity index is 1.85. The molecule has 1 atom stereocenters. The zero-order valence-corrected chi connectivity index (χ0v) is 29.6. The molecule has 0 heterocycles. The number of carbonyl (C=O) groups excluding carboxylic acids is 2. The number of nitro groups is 1. The third kappa shape index (κ3) is 9.38. The molecular weight excluding hydrogens is 660 g/mol. The number of hydrogen-bond acceptors (Lipinski definition) is 8. The van der Waals surface area contributed by atoms with Crippen LogP contribution in [0, 0.1) is 23.0 Å². The van der Waals surface area contributed by atoms with Gasteiger partial charge in [0.1, 0.15) is 24.1 Å². The van der Waals surface area contributed by atoms with Crippen molar-refractivity contribution in [3.8, 4) is 11.5 Å². The number of nitro benzene ring substituents is 1. The second-order valence-electron chi connectivity index (χ2n) is 12.1. The van der Waals surface area contributed by atoms with E-state index in [1.54, 1.807) is 36.4 Å². The van der Waals surface area contributed by atoms with Gasteiger partial charge >= 0.3 is 0 Å². The summed E-state index contributed by atoms with van der Waals surface area (Å²) in [6, 6.07) is 24.9. The maximum absolute atomic E-state index is 14.7. The highest BCUT2D eigenvalue weighted by atomic mass is 32.2. The van der Waals surface area contributed by atoms with Gasteiger partial charge in [0.05, 0.1) is 29.7 Å². The minimum absolute atomic E-state index is 0.0465. The summed E-state index contributed by atoms with van der Waals surface area (Å²) in [4.78, 5) is 40.7. The summed E-state index contributed by atoms with van der Waals surface area (Å²) in [5.41, 5.74) is 1.47. The molecule has 4 rings (SSSR count). The van der Waals surface area contributed by atoms with Crippen molar-refractivity contribution in [3.05, 3.63) is 124 Å². The molecule has 12 nitrogen and oxygen atoms in total. The van der Waals surface area contributed by atoms with Gasteiger partial charge in [-0.3, -0.25) is 24.0 Å². The van der Waals surface area contributed by atoms with Crippen LogP contribution in [-0.2, 0) is 32.6 Å². The van der Waals surface area contributed by atoms with E-state index in [-0.39, 0.29) is 40.7 Å². The first-order chi connectivity index (χ1) is 23.8. The molecule has 0 aliphatic heterocycles. The van der Waals surface area contributed by atoms with Gasteiger partial charge in [-0.05, 0) is 66.4 Å². The molecule has 13 heteroatoms. The Kier molecular flexibility index (Phi) is 12.6. The molecule has 0 saturated carbocycles. The Morgan fingerprint density at radius 2 is 1.52 bits per heavy atom. The summed E-state index contributed by atoms with van der Waals surface area (Å²) in [6.07, 6.45) is 0.153. The van der Waals surface area contributed by atoms with Crippen molar-refractivity contribution in [2.75, 3.05) is 31.6 Å². The van der Waals surface area contributed by atoms with Gasteiger partial charge in [-0.1, -0.05) is 62.4 Å². The van der Waals surface area contributed by atoms with Crippen molar-refractivity contribution >= 4 is 33.2 Å². The molecule has 0 bridgehead atoms. The van der Waals surface area contributed by atoms with E-state index in [1.807, 2.05) is 44.2 Å². The van der Waals surface area contributed by atoms with Crippen LogP contribution in [0.15, 0.2) is 102 Å². The number of aryl methyl sites for hydroxylation is 1. The van der Waals surface area contributed by atoms with E-state index in [2.05, 4.69) is 5.32 Å². The standard InChI is InChI=1S/C37H42N4O8S/c1-26(2)23-38-37(43)35(21-28-10-7-6-8-11-28)39(24-29-12-9-13-32(20-29)49-5)36(42)25-40(30-15-17-31(48-4)18-16-30)50(46,47)33-19-14-27(3)34(22-33)41(44)45/h6-20,22,26,35H,21,23-25H2,1-5H3,(H,38,43). The Morgan fingerprint density at radius 1 is 0.860 bits per heavy atom. The highest BCUT2D eigenvalue weighted by molar-refractivity contribution is 7.92. The number of anilines is 1. The van der Waals surface area contributed by atoms with Crippen molar-refractivity contribution in [1.29, 1.82) is 0 Å². The number of nitrogens with zero attached hydrogens (tertiary/aromatic N) is 3. The van der Waals surface area contributed by atoms with E-state index in [0.29, 0.717) is 23.6 Å². The zero-order chi connectivity index (χ0) is 36.4. The number of methoxy groups -OCH3 is 2. The van der Waals surface area contributed by atoms with Crippen LogP contribution in [0.5, 0.6) is 11.5 Å². The SMILES string of the molecule is COc1ccc(N(CC(=O)N(Cc2cccc(OC)c2)C(Cc2ccccc2)C(=O)NCC(C)C)S(=O)(=O)c2ccc(C)c([N+](=O)[O-])c2)cc1. The van der Waals surface area contributed by atoms with Gasteiger partial charge in [0, 0.05) is 31.1 Å². The topological polar surface area (TPSA) is 148 Å². The molecule has 4 aromatic rings. The van der Waals surface area contributed by atoms with E-state index in [1.165, 1.54) is 50.3 Å². The molecule has 264 valence electrons. The summed E-state index contributed by atoms with van der Waals surface area (Å²) in [6.45, 7) is 5.02. The Bertz CT molecular complexity index is 1900. The van der Waals surface area contributed by atoms with E-state index in [9.17, 15) is 28.1 Å². The van der Waals surface area contributed by atoms with Crippen LogP contribution in [0.2, 0.25) is 0 Å². The van der Waals surface area contributed by atoms with E-state index >= 15 is 0 Å². The lowest BCUT2D eigenvalue weighted by Crippen LogP contribution is -2.53. The Hall–Kier alpha value is -5.43. The number of sulfonamides is 1. The molecule has 0 aliphatic rings. The first-order valence-corrected chi connectivity index (χ1v) is 17.4. The summed E-state index contributed by atoms with van der Waals surface area (Å²) < 4.78 is 40.3. The van der Waals surface area contributed by atoms with Crippen LogP contribution < -0.4 is 19.1 Å². The van der Waals surface area contributed by atoms with Gasteiger partial charge in [0.25, 0.3) is 15.7 Å². The molecule has 0 radical (unpaired) electrons. The van der Waals surface area contributed by atoms with Crippen LogP contribution in [0.3, 0.4) is 0 Å². The highest BCUT2D eigenvalue weighted by Crippen LogP contribution is 2.30. The van der Waals surface area contributed by atoms with Crippen molar-refractivity contribution in [3.63, 3.8) is 0 Å². The molecule has 0 aromatic heterocycles. The van der Waals surface area contributed by atoms with Gasteiger partial charge in [0.15, 0.2) is 0 Å². The normalized spacial score (nSPS) is 11.8. The molecule has 0 fully saturated rings. The Morgan fingerprint density at radius 3 is 2.14 bits per heavy atom. The fourth-order valence-corrected chi connectivity index (χ4v) is 6.73. The molecular formula is C37H42N4O8S. The van der Waals surface area contributed by atoms with Gasteiger partial charge in [0.2, 0.25) is 11.8 Å². The molecule has 1 N–H and O–H groups in total. The molecule has 50 heavy (non-hydrogen) atoms. The minimum atomic E-state index is -4.56. The van der Waals surface area contributed by atoms with Crippen molar-refractivity contribution < 1.29 is 32.4 Å². The van der Waals surface area contributed by atoms with Gasteiger partial charge < -0.3 is 19.7 Å². The lowest BCUT2D eigenvalue weighted by Gasteiger charge is -2.34. The van der Waals surface area contributed by atoms with Crippen LogP contribution >= 0.6 is 0 Å². The second kappa shape index (κ2) is 16.8. The van der Waals surface area contributed by atoms with E-state index in [0.717, 1.165) is 15.9 Å². The third-order valence-corrected chi connectivity index (χ3v) is 9.82. The molecule has 1 unspecified atom stereocenters. The largest absolute Gasteiger partial charge is 0.497 e. The summed E-state index contributed by atoms with van der Waals surface area (Å²) in [7, 11) is -1.58. The van der Waals surface area contributed by atoms with Crippen LogP contribution in [-0.4, -0.2) is 63.4 Å². The molecule has 0 spiro atoms. The predicted molar refractivity (Wildman–Crippen MR) is 191 cm³/mol. The van der Waals surface area contributed by atoms with Gasteiger partial charge in [-0.15, -0.1) is 0 Å². The quantitative estimate of drug-likeness (QED) is 0.118. The smallest absolute Gasteiger partial charge is 0.273 e. The average molecular weight is 703 g/mol. The number of benzene rings is 4. The van der Waals surface area contributed by atoms with Crippen LogP contribution in [0.25, 0.3) is 0 Å². The number of ether oxygens (including phenoxy) is 2. The fraction of sp³-hybridized carbons (Fsp3) is 0.297. The number of nitrogens with one attached hydrogen (secondary N) is 1. The molecule has 2 amide bonds. The van der Waals surface area contributed by atoms with Gasteiger partial charge in [-0.2, -0.15) is 0 Å². The summed E-state index contributed by atoms with van der Waals surface area (Å²) in [5, 5.41) is 14.7. The Labute approximate surface area is 292 Å². The van der Waals surface area contributed by atoms with Crippen LogP contribution in [0.1, 0.15) is 30.5 Å². The first kappa shape index (κ1) is 37.4. The van der Waals surface area contributed by atoms with Crippen molar-refractivity contribution in [2.24, 2.45) is 5.92 Å². The highest BCUT2D eigenvalue weighted by Gasteiger charge is 2.35. The second-order valence-corrected chi connectivity index (χ2v) is 14.0. The van der Waals surface area contributed by atoms with Crippen molar-refractivity contribution in [1.82, 2.24) is 10.2 Å². The number of carbonyl (C=O) groups is 2. The molecule has 0 saturated heterocycles. The monoisotopic (exact) mass is 702 g/mol. The first-order valence-electron chi connectivity index (χ1n) is 16.0. The lowest BCUT2D eigenvalue weighted by molar-refractivity contribution is -0.385. The van der Waals surface area contributed by atoms with Crippen molar-refractivity contribution in [2.45, 2.75) is 44.7 Å². The van der Waals surface area contributed by atoms with Gasteiger partial charge in [-0.25, -0.2) is 8.42 Å². The average Bonchev–Trinajstić information content (AvgIpc) is 3.11. The van der Waals surface area contributed by atoms with E-state index < -0.39 is 39.3 Å². The summed E-state index contributed by atoms with van der Waals surface area (Å²) >= 11 is 0. The predicted octanol–water partition coefficient (Wildman–Crippen LogP) is 5.53. The number of rotatable bonds is 16. The number of amides is 2. The zero-order valence-electron chi connectivity index (χ0n) is 28.7. The molecule has 4 aromatic carbocycles. The number of hydrogen-bond donors (Lipinski definition) is 1. The maximum Gasteiger partial charge on any atom is 0.273 e. The summed E-state index contributed by atoms with van der Waals surface area (Å²) in [5.74, 6) is 0.0596. The lowest BCUT2D eigenvalue weighted by atomic mass is 10.0. The third-order valence-electron chi connectivity index (χ3n) is 8.05. The molecule has 0 aliphatic carbocycles. The fourth-order valence-electron chi connectivity index (χ4n) is 5.29. The van der Waals surface area contributed by atoms with Crippen LogP contribution in [0.4, 0.5) is 11.4 Å². The maximum atomic E-state index is 14.7.